The summed E-state index contributed by atoms with van der Waals surface area (Å²) >= 11 is 0. The Morgan fingerprint density at radius 1 is 1.23 bits per heavy atom. The molecule has 0 radical (unpaired) electrons. The summed E-state index contributed by atoms with van der Waals surface area (Å²) in [6.45, 7) is 6.43. The van der Waals surface area contributed by atoms with Gasteiger partial charge in [-0.25, -0.2) is 4.39 Å². The molecule has 0 fully saturated rings. The lowest BCUT2D eigenvalue weighted by Crippen LogP contribution is -2.36. The van der Waals surface area contributed by atoms with E-state index in [4.69, 9.17) is 4.74 Å². The van der Waals surface area contributed by atoms with Gasteiger partial charge in [-0.2, -0.15) is 0 Å². The number of halogens is 1. The summed E-state index contributed by atoms with van der Waals surface area (Å²) in [6, 6.07) is 4.66. The number of benzene rings is 1. The van der Waals surface area contributed by atoms with Crippen LogP contribution in [0.2, 0.25) is 0 Å². The smallest absolute Gasteiger partial charge is 0.306 e. The van der Waals surface area contributed by atoms with Crippen molar-refractivity contribution >= 4 is 11.9 Å². The van der Waals surface area contributed by atoms with Gasteiger partial charge in [0.15, 0.2) is 0 Å². The molecule has 1 aliphatic heterocycles. The summed E-state index contributed by atoms with van der Waals surface area (Å²) in [5, 5.41) is 0. The lowest BCUT2D eigenvalue weighted by molar-refractivity contribution is -0.156. The van der Waals surface area contributed by atoms with E-state index in [0.717, 1.165) is 11.1 Å². The lowest BCUT2D eigenvalue weighted by Gasteiger charge is -2.29. The molecule has 0 unspecified atom stereocenters. The van der Waals surface area contributed by atoms with Crippen LogP contribution >= 0.6 is 0 Å². The normalized spacial score (nSPS) is 14.5. The predicted octanol–water partition coefficient (Wildman–Crippen LogP) is 2.83. The van der Waals surface area contributed by atoms with Crippen molar-refractivity contribution in [3.63, 3.8) is 0 Å². The summed E-state index contributed by atoms with van der Waals surface area (Å²) in [4.78, 5) is 25.5. The minimum atomic E-state index is -0.533. The molecule has 0 aromatic heterocycles. The zero-order valence-electron chi connectivity index (χ0n) is 13.3. The van der Waals surface area contributed by atoms with Gasteiger partial charge in [0.1, 0.15) is 11.4 Å². The molecule has 2 rings (SSSR count). The van der Waals surface area contributed by atoms with Crippen LogP contribution in [0.1, 0.15) is 44.7 Å². The maximum atomic E-state index is 13.2. The van der Waals surface area contributed by atoms with Gasteiger partial charge in [0.05, 0.1) is 6.42 Å². The fourth-order valence-corrected chi connectivity index (χ4v) is 2.49. The molecule has 1 aliphatic rings. The molecule has 0 aliphatic carbocycles. The molecule has 22 heavy (non-hydrogen) atoms. The van der Waals surface area contributed by atoms with Gasteiger partial charge in [-0.1, -0.05) is 6.07 Å². The van der Waals surface area contributed by atoms with Crippen LogP contribution in [0.15, 0.2) is 18.2 Å². The van der Waals surface area contributed by atoms with Crippen LogP contribution in [0.3, 0.4) is 0 Å². The molecule has 0 saturated carbocycles. The summed E-state index contributed by atoms with van der Waals surface area (Å²) in [7, 11) is 0. The second-order valence-corrected chi connectivity index (χ2v) is 6.56. The Balaban J connectivity index is 1.87. The number of hydrogen-bond acceptors (Lipinski definition) is 3. The van der Waals surface area contributed by atoms with Crippen LogP contribution in [0.5, 0.6) is 0 Å². The van der Waals surface area contributed by atoms with E-state index < -0.39 is 5.60 Å². The first-order valence-corrected chi connectivity index (χ1v) is 7.51. The Kier molecular flexibility index (Phi) is 4.84. The molecule has 5 heteroatoms. The zero-order chi connectivity index (χ0) is 16.3. The highest BCUT2D eigenvalue weighted by atomic mass is 19.1. The number of amides is 1. The number of esters is 1. The zero-order valence-corrected chi connectivity index (χ0v) is 13.3. The Labute approximate surface area is 130 Å². The monoisotopic (exact) mass is 307 g/mol. The van der Waals surface area contributed by atoms with Gasteiger partial charge in [-0.15, -0.1) is 0 Å². The minimum Gasteiger partial charge on any atom is -0.460 e. The van der Waals surface area contributed by atoms with Crippen LogP contribution in [0.4, 0.5) is 4.39 Å². The highest BCUT2D eigenvalue weighted by Gasteiger charge is 2.23. The number of carbonyl (C=O) groups excluding carboxylic acids is 2. The van der Waals surface area contributed by atoms with E-state index in [1.54, 1.807) is 31.7 Å². The van der Waals surface area contributed by atoms with E-state index in [0.29, 0.717) is 19.5 Å². The predicted molar refractivity (Wildman–Crippen MR) is 80.6 cm³/mol. The van der Waals surface area contributed by atoms with Crippen molar-refractivity contribution in [3.05, 3.63) is 35.1 Å². The third-order valence-electron chi connectivity index (χ3n) is 3.50. The molecule has 1 aromatic carbocycles. The molecule has 0 saturated heterocycles. The average molecular weight is 307 g/mol. The number of ether oxygens (including phenoxy) is 1. The molecule has 0 atom stereocenters. The van der Waals surface area contributed by atoms with Crippen molar-refractivity contribution < 1.29 is 18.7 Å². The van der Waals surface area contributed by atoms with Crippen molar-refractivity contribution in [2.75, 3.05) is 6.54 Å². The summed E-state index contributed by atoms with van der Waals surface area (Å²) in [5.74, 6) is -0.676. The van der Waals surface area contributed by atoms with E-state index in [-0.39, 0.29) is 30.5 Å². The van der Waals surface area contributed by atoms with E-state index in [1.807, 2.05) is 0 Å². The molecule has 0 bridgehead atoms. The molecule has 1 aromatic rings. The first kappa shape index (κ1) is 16.5. The Morgan fingerprint density at radius 2 is 1.95 bits per heavy atom. The van der Waals surface area contributed by atoms with Gasteiger partial charge in [-0.3, -0.25) is 9.59 Å². The van der Waals surface area contributed by atoms with Crippen LogP contribution in [0, 0.1) is 5.82 Å². The second-order valence-electron chi connectivity index (χ2n) is 6.56. The Morgan fingerprint density at radius 3 is 2.64 bits per heavy atom. The number of carbonyl (C=O) groups is 2. The van der Waals surface area contributed by atoms with Gasteiger partial charge in [0.25, 0.3) is 0 Å². The molecule has 1 amide bonds. The quantitative estimate of drug-likeness (QED) is 0.807. The highest BCUT2D eigenvalue weighted by Crippen LogP contribution is 2.21. The maximum absolute atomic E-state index is 13.2. The molecule has 0 N–H and O–H groups in total. The minimum absolute atomic E-state index is 0.0687. The molecule has 4 nitrogen and oxygen atoms in total. The van der Waals surface area contributed by atoms with Gasteiger partial charge in [0.2, 0.25) is 5.91 Å². The van der Waals surface area contributed by atoms with E-state index in [1.165, 1.54) is 12.1 Å². The molecule has 120 valence electrons. The number of nitrogens with zero attached hydrogens (tertiary/aromatic N) is 1. The van der Waals surface area contributed by atoms with Crippen molar-refractivity contribution in [2.24, 2.45) is 0 Å². The number of hydrogen-bond donors (Lipinski definition) is 0. The van der Waals surface area contributed by atoms with E-state index >= 15 is 0 Å². The van der Waals surface area contributed by atoms with Crippen LogP contribution < -0.4 is 0 Å². The van der Waals surface area contributed by atoms with Crippen molar-refractivity contribution in [2.45, 2.75) is 52.2 Å². The van der Waals surface area contributed by atoms with Gasteiger partial charge in [-0.05, 0) is 50.5 Å². The second kappa shape index (κ2) is 6.46. The van der Waals surface area contributed by atoms with E-state index in [2.05, 4.69) is 0 Å². The molecule has 0 spiro atoms. The van der Waals surface area contributed by atoms with Gasteiger partial charge < -0.3 is 9.64 Å². The number of rotatable bonds is 3. The summed E-state index contributed by atoms with van der Waals surface area (Å²) < 4.78 is 18.4. The lowest BCUT2D eigenvalue weighted by atomic mass is 9.99. The topological polar surface area (TPSA) is 46.6 Å². The fourth-order valence-electron chi connectivity index (χ4n) is 2.49. The maximum Gasteiger partial charge on any atom is 0.306 e. The van der Waals surface area contributed by atoms with Gasteiger partial charge >= 0.3 is 5.97 Å². The third-order valence-corrected chi connectivity index (χ3v) is 3.50. The first-order valence-electron chi connectivity index (χ1n) is 7.51. The molecular weight excluding hydrogens is 285 g/mol. The SMILES string of the molecule is CC(C)(C)OC(=O)CCC(=O)N1CCc2cc(F)ccc2C1. The van der Waals surface area contributed by atoms with Gasteiger partial charge in [0, 0.05) is 19.5 Å². The summed E-state index contributed by atoms with van der Waals surface area (Å²) in [6.07, 6.45) is 0.875. The van der Waals surface area contributed by atoms with Crippen LogP contribution in [0.25, 0.3) is 0 Å². The Hall–Kier alpha value is -1.91. The fraction of sp³-hybridized carbons (Fsp3) is 0.529. The standard InChI is InChI=1S/C17H22FNO3/c1-17(2,3)22-16(21)7-6-15(20)19-9-8-12-10-14(18)5-4-13(12)11-19/h4-5,10H,6-9,11H2,1-3H3. The van der Waals surface area contributed by atoms with E-state index in [9.17, 15) is 14.0 Å². The largest absolute Gasteiger partial charge is 0.460 e. The Bertz CT molecular complexity index is 578. The van der Waals surface area contributed by atoms with Crippen molar-refractivity contribution in [1.29, 1.82) is 0 Å². The average Bonchev–Trinajstić information content (AvgIpc) is 2.42. The van der Waals surface area contributed by atoms with Crippen molar-refractivity contribution in [1.82, 2.24) is 4.90 Å². The van der Waals surface area contributed by atoms with Crippen molar-refractivity contribution in [3.8, 4) is 0 Å². The number of fused-ring (bicyclic) bond motifs is 1. The molecule has 1 heterocycles. The highest BCUT2D eigenvalue weighted by molar-refractivity contribution is 5.81. The van der Waals surface area contributed by atoms with Crippen LogP contribution in [-0.4, -0.2) is 28.9 Å². The molecular formula is C17H22FNO3. The summed E-state index contributed by atoms with van der Waals surface area (Å²) in [5.41, 5.74) is 1.39. The first-order chi connectivity index (χ1) is 10.2. The third kappa shape index (κ3) is 4.55. The van der Waals surface area contributed by atoms with Crippen LogP contribution in [-0.2, 0) is 27.3 Å².